The van der Waals surface area contributed by atoms with Gasteiger partial charge in [-0.2, -0.15) is 0 Å². The van der Waals surface area contributed by atoms with Gasteiger partial charge < -0.3 is 14.8 Å². The molecule has 0 saturated heterocycles. The van der Waals surface area contributed by atoms with Gasteiger partial charge in [0, 0.05) is 24.9 Å². The number of carbonyl (C=O) groups is 1. The number of carbonyl (C=O) groups excluding carboxylic acids is 1. The van der Waals surface area contributed by atoms with E-state index in [2.05, 4.69) is 5.32 Å². The van der Waals surface area contributed by atoms with E-state index in [1.807, 2.05) is 84.2 Å². The fourth-order valence-electron chi connectivity index (χ4n) is 3.55. The zero-order valence-corrected chi connectivity index (χ0v) is 15.8. The first kappa shape index (κ1) is 17.8. The highest BCUT2D eigenvalue weighted by atomic mass is 16.2. The first-order chi connectivity index (χ1) is 13.6. The summed E-state index contributed by atoms with van der Waals surface area (Å²) in [6.45, 7) is 0.114. The molecule has 4 rings (SSSR count). The number of anilines is 2. The number of hydrogen-bond donors (Lipinski definition) is 1. The molecule has 4 aromatic rings. The highest BCUT2D eigenvalue weighted by Crippen LogP contribution is 2.24. The molecule has 140 valence electrons. The van der Waals surface area contributed by atoms with Gasteiger partial charge in [-0.3, -0.25) is 9.59 Å². The molecule has 1 amide bonds. The Morgan fingerprint density at radius 3 is 2.00 bits per heavy atom. The molecule has 0 spiro atoms. The molecule has 0 bridgehead atoms. The number of amides is 1. The topological polar surface area (TPSA) is 54.3 Å². The average Bonchev–Trinajstić information content (AvgIpc) is 2.71. The van der Waals surface area contributed by atoms with Crippen LogP contribution in [0, 0.1) is 0 Å². The molecule has 0 atom stereocenters. The maximum atomic E-state index is 12.9. The number of para-hydroxylation sites is 4. The third kappa shape index (κ3) is 3.11. The highest BCUT2D eigenvalue weighted by Gasteiger charge is 2.14. The van der Waals surface area contributed by atoms with Crippen LogP contribution in [0.2, 0.25) is 0 Å². The monoisotopic (exact) mass is 371 g/mol. The summed E-state index contributed by atoms with van der Waals surface area (Å²) >= 11 is 0. The van der Waals surface area contributed by atoms with Crippen LogP contribution in [0.1, 0.15) is 0 Å². The van der Waals surface area contributed by atoms with Crippen molar-refractivity contribution < 1.29 is 4.79 Å². The van der Waals surface area contributed by atoms with Crippen LogP contribution in [0.4, 0.5) is 11.4 Å². The molecule has 28 heavy (non-hydrogen) atoms. The van der Waals surface area contributed by atoms with Gasteiger partial charge in [-0.1, -0.05) is 36.4 Å². The van der Waals surface area contributed by atoms with E-state index < -0.39 is 0 Å². The molecule has 0 radical (unpaired) electrons. The largest absolute Gasteiger partial charge is 0.376 e. The summed E-state index contributed by atoms with van der Waals surface area (Å²) in [6, 6.07) is 22.5. The van der Waals surface area contributed by atoms with E-state index in [9.17, 15) is 9.59 Å². The van der Waals surface area contributed by atoms with E-state index in [0.717, 1.165) is 22.4 Å². The van der Waals surface area contributed by atoms with Gasteiger partial charge in [0.2, 0.25) is 5.91 Å². The number of benzene rings is 3. The van der Waals surface area contributed by atoms with Crippen molar-refractivity contribution in [1.82, 2.24) is 4.57 Å². The smallest absolute Gasteiger partial charge is 0.244 e. The van der Waals surface area contributed by atoms with Crippen LogP contribution in [0.5, 0.6) is 0 Å². The lowest BCUT2D eigenvalue weighted by molar-refractivity contribution is -0.116. The molecule has 0 fully saturated rings. The molecule has 0 unspecified atom stereocenters. The van der Waals surface area contributed by atoms with Gasteiger partial charge in [0.25, 0.3) is 0 Å². The zero-order chi connectivity index (χ0) is 19.7. The van der Waals surface area contributed by atoms with Gasteiger partial charge in [0.15, 0.2) is 5.43 Å². The van der Waals surface area contributed by atoms with Crippen molar-refractivity contribution in [2.24, 2.45) is 0 Å². The fourth-order valence-corrected chi connectivity index (χ4v) is 3.55. The first-order valence-corrected chi connectivity index (χ1v) is 9.13. The Morgan fingerprint density at radius 2 is 1.39 bits per heavy atom. The van der Waals surface area contributed by atoms with Gasteiger partial charge in [-0.25, -0.2) is 0 Å². The lowest BCUT2D eigenvalue weighted by atomic mass is 10.1. The van der Waals surface area contributed by atoms with Crippen molar-refractivity contribution in [2.75, 3.05) is 24.3 Å². The average molecular weight is 371 g/mol. The first-order valence-electron chi connectivity index (χ1n) is 9.13. The molecule has 0 aliphatic heterocycles. The minimum Gasteiger partial charge on any atom is -0.376 e. The predicted molar refractivity (Wildman–Crippen MR) is 115 cm³/mol. The predicted octanol–water partition coefficient (Wildman–Crippen LogP) is 3.86. The summed E-state index contributed by atoms with van der Waals surface area (Å²) in [4.78, 5) is 27.7. The number of rotatable bonds is 4. The van der Waals surface area contributed by atoms with Crippen molar-refractivity contribution >= 4 is 39.1 Å². The number of hydrogen-bond acceptors (Lipinski definition) is 3. The van der Waals surface area contributed by atoms with Crippen LogP contribution in [0.3, 0.4) is 0 Å². The van der Waals surface area contributed by atoms with Gasteiger partial charge >= 0.3 is 0 Å². The van der Waals surface area contributed by atoms with Crippen LogP contribution >= 0.6 is 0 Å². The van der Waals surface area contributed by atoms with E-state index in [1.165, 1.54) is 0 Å². The van der Waals surface area contributed by atoms with E-state index in [0.29, 0.717) is 10.8 Å². The maximum Gasteiger partial charge on any atom is 0.244 e. The van der Waals surface area contributed by atoms with Crippen LogP contribution in [0.25, 0.3) is 21.8 Å². The van der Waals surface area contributed by atoms with Crippen molar-refractivity contribution in [3.05, 3.63) is 83.0 Å². The summed E-state index contributed by atoms with van der Waals surface area (Å²) in [5.41, 5.74) is 3.18. The summed E-state index contributed by atoms with van der Waals surface area (Å²) < 4.78 is 1.90. The molecule has 0 saturated carbocycles. The molecule has 5 heteroatoms. The van der Waals surface area contributed by atoms with E-state index in [1.54, 1.807) is 12.1 Å². The second-order valence-corrected chi connectivity index (χ2v) is 6.91. The van der Waals surface area contributed by atoms with Crippen LogP contribution in [-0.4, -0.2) is 24.6 Å². The third-order valence-electron chi connectivity index (χ3n) is 4.84. The molecule has 0 aliphatic carbocycles. The van der Waals surface area contributed by atoms with Crippen molar-refractivity contribution in [2.45, 2.75) is 6.54 Å². The fraction of sp³-hybridized carbons (Fsp3) is 0.130. The molecule has 1 heterocycles. The van der Waals surface area contributed by atoms with Gasteiger partial charge in [-0.05, 0) is 36.4 Å². The standard InChI is InChI=1S/C23H21N3O2/c1-25(2)21-14-8-5-11-18(21)24-22(27)15-26-19-12-6-3-9-16(19)23(28)17-10-4-7-13-20(17)26/h3-14H,15H2,1-2H3,(H,24,27). The Hall–Kier alpha value is -3.60. The second kappa shape index (κ2) is 7.19. The van der Waals surface area contributed by atoms with Crippen LogP contribution in [-0.2, 0) is 11.3 Å². The number of nitrogens with one attached hydrogen (secondary N) is 1. The van der Waals surface area contributed by atoms with Crippen molar-refractivity contribution in [3.8, 4) is 0 Å². The Kier molecular flexibility index (Phi) is 4.57. The SMILES string of the molecule is CN(C)c1ccccc1NC(=O)Cn1c2ccccc2c(=O)c2ccccc21. The Morgan fingerprint density at radius 1 is 0.857 bits per heavy atom. The zero-order valence-electron chi connectivity index (χ0n) is 15.8. The van der Waals surface area contributed by atoms with Crippen molar-refractivity contribution in [3.63, 3.8) is 0 Å². The molecular formula is C23H21N3O2. The summed E-state index contributed by atoms with van der Waals surface area (Å²) in [5, 5.41) is 4.23. The quantitative estimate of drug-likeness (QED) is 0.554. The van der Waals surface area contributed by atoms with Crippen LogP contribution in [0.15, 0.2) is 77.6 Å². The maximum absolute atomic E-state index is 12.9. The molecule has 1 aromatic heterocycles. The van der Waals surface area contributed by atoms with Crippen molar-refractivity contribution in [1.29, 1.82) is 0 Å². The minimum absolute atomic E-state index is 0.0131. The lowest BCUT2D eigenvalue weighted by Crippen LogP contribution is -2.22. The minimum atomic E-state index is -0.145. The van der Waals surface area contributed by atoms with Gasteiger partial charge in [-0.15, -0.1) is 0 Å². The Labute approximate surface area is 162 Å². The Bertz CT molecular complexity index is 1180. The normalized spacial score (nSPS) is 10.9. The number of nitrogens with zero attached hydrogens (tertiary/aromatic N) is 2. The number of aromatic nitrogens is 1. The van der Waals surface area contributed by atoms with E-state index >= 15 is 0 Å². The van der Waals surface area contributed by atoms with E-state index in [4.69, 9.17) is 0 Å². The third-order valence-corrected chi connectivity index (χ3v) is 4.84. The molecular weight excluding hydrogens is 350 g/mol. The summed E-state index contributed by atoms with van der Waals surface area (Å²) in [5.74, 6) is -0.145. The summed E-state index contributed by atoms with van der Waals surface area (Å²) in [7, 11) is 3.88. The molecule has 0 aliphatic rings. The van der Waals surface area contributed by atoms with Crippen LogP contribution < -0.4 is 15.6 Å². The second-order valence-electron chi connectivity index (χ2n) is 6.91. The summed E-state index contributed by atoms with van der Waals surface area (Å²) in [6.07, 6.45) is 0. The van der Waals surface area contributed by atoms with Gasteiger partial charge in [0.1, 0.15) is 6.54 Å². The molecule has 5 nitrogen and oxygen atoms in total. The molecule has 3 aromatic carbocycles. The lowest BCUT2D eigenvalue weighted by Gasteiger charge is -2.19. The Balaban J connectivity index is 1.78. The van der Waals surface area contributed by atoms with E-state index in [-0.39, 0.29) is 17.9 Å². The molecule has 1 N–H and O–H groups in total. The number of pyridine rings is 1. The number of fused-ring (bicyclic) bond motifs is 2. The highest BCUT2D eigenvalue weighted by molar-refractivity contribution is 5.98. The van der Waals surface area contributed by atoms with Gasteiger partial charge in [0.05, 0.1) is 22.4 Å².